The fraction of sp³-hybridized carbons (Fsp3) is 0.650. The van der Waals surface area contributed by atoms with Crippen LogP contribution in [0.3, 0.4) is 0 Å². The van der Waals surface area contributed by atoms with Gasteiger partial charge in [0.05, 0.1) is 0 Å². The second kappa shape index (κ2) is 9.02. The van der Waals surface area contributed by atoms with Crippen LogP contribution < -0.4 is 0 Å². The number of likely N-dealkylation sites (tertiary alicyclic amines) is 1. The number of benzene rings is 1. The molecule has 5 heteroatoms. The Labute approximate surface area is 157 Å². The number of nitrogens with zero attached hydrogens (tertiary/aromatic N) is 1. The van der Waals surface area contributed by atoms with Crippen molar-refractivity contribution in [2.75, 3.05) is 19.6 Å². The fourth-order valence-electron chi connectivity index (χ4n) is 4.15. The van der Waals surface area contributed by atoms with Crippen LogP contribution in [0.25, 0.3) is 0 Å². The summed E-state index contributed by atoms with van der Waals surface area (Å²) in [5, 5.41) is 11.5. The van der Waals surface area contributed by atoms with Crippen LogP contribution >= 0.6 is 12.4 Å². The van der Waals surface area contributed by atoms with Crippen LogP contribution in [0.1, 0.15) is 51.0 Å². The normalized spacial score (nSPS) is 24.3. The van der Waals surface area contributed by atoms with E-state index in [1.807, 2.05) is 30.3 Å². The van der Waals surface area contributed by atoms with Crippen molar-refractivity contribution in [3.8, 4) is 0 Å². The summed E-state index contributed by atoms with van der Waals surface area (Å²) in [4.78, 5) is 15.3. The summed E-state index contributed by atoms with van der Waals surface area (Å²) in [6, 6.07) is 9.37. The number of esters is 1. The van der Waals surface area contributed by atoms with E-state index in [0.717, 1.165) is 51.7 Å². The number of carbonyl (C=O) groups is 1. The first-order valence-electron chi connectivity index (χ1n) is 9.36. The maximum Gasteiger partial charge on any atom is 0.343 e. The van der Waals surface area contributed by atoms with Gasteiger partial charge in [0.15, 0.2) is 5.60 Å². The van der Waals surface area contributed by atoms with Crippen molar-refractivity contribution in [2.24, 2.45) is 5.92 Å². The van der Waals surface area contributed by atoms with Crippen LogP contribution in [-0.2, 0) is 15.1 Å². The van der Waals surface area contributed by atoms with Gasteiger partial charge in [-0.05, 0) is 31.4 Å². The van der Waals surface area contributed by atoms with Crippen LogP contribution in [0.2, 0.25) is 0 Å². The van der Waals surface area contributed by atoms with Gasteiger partial charge in [-0.1, -0.05) is 56.5 Å². The number of carbonyl (C=O) groups excluding carboxylic acids is 1. The van der Waals surface area contributed by atoms with Gasteiger partial charge in [0.2, 0.25) is 0 Å². The highest BCUT2D eigenvalue weighted by Crippen LogP contribution is 2.40. The first-order chi connectivity index (χ1) is 11.6. The first kappa shape index (κ1) is 20.2. The Morgan fingerprint density at radius 1 is 1.20 bits per heavy atom. The standard InChI is InChI=1S/C20H29NO3.ClH/c1-2-21-14-13-18(15-21)24-19(22)20(23,16-9-5-3-6-10-16)17-11-7-4-8-12-17;/h3,5-6,9-10,17-18,23H,2,4,7-8,11-15H2,1H3;1H. The molecule has 0 bridgehead atoms. The summed E-state index contributed by atoms with van der Waals surface area (Å²) in [6.45, 7) is 4.82. The Kier molecular flexibility index (Phi) is 7.29. The third-order valence-electron chi connectivity index (χ3n) is 5.67. The van der Waals surface area contributed by atoms with E-state index < -0.39 is 11.6 Å². The van der Waals surface area contributed by atoms with Crippen molar-refractivity contribution in [3.05, 3.63) is 35.9 Å². The van der Waals surface area contributed by atoms with Crippen molar-refractivity contribution >= 4 is 18.4 Å². The number of rotatable bonds is 5. The zero-order valence-corrected chi connectivity index (χ0v) is 15.8. The fourth-order valence-corrected chi connectivity index (χ4v) is 4.15. The van der Waals surface area contributed by atoms with Crippen LogP contribution in [-0.4, -0.2) is 41.7 Å². The van der Waals surface area contributed by atoms with Crippen LogP contribution in [0.5, 0.6) is 0 Å². The lowest BCUT2D eigenvalue weighted by molar-refractivity contribution is -0.180. The molecule has 1 aromatic carbocycles. The smallest absolute Gasteiger partial charge is 0.343 e. The predicted molar refractivity (Wildman–Crippen MR) is 101 cm³/mol. The summed E-state index contributed by atoms with van der Waals surface area (Å²) >= 11 is 0. The molecule has 2 fully saturated rings. The minimum atomic E-state index is -1.51. The molecule has 0 aromatic heterocycles. The SMILES string of the molecule is CCN1CCC(OC(=O)C(O)(c2ccccc2)C2CCCCC2)C1.Cl. The lowest BCUT2D eigenvalue weighted by atomic mass is 9.73. The molecule has 0 amide bonds. The van der Waals surface area contributed by atoms with Gasteiger partial charge in [-0.3, -0.25) is 4.90 Å². The summed E-state index contributed by atoms with van der Waals surface area (Å²) < 4.78 is 5.79. The molecule has 1 saturated carbocycles. The van der Waals surface area contributed by atoms with Gasteiger partial charge in [-0.15, -0.1) is 12.4 Å². The van der Waals surface area contributed by atoms with E-state index in [1.54, 1.807) is 0 Å². The Bertz CT molecular complexity index is 547. The Morgan fingerprint density at radius 2 is 1.88 bits per heavy atom. The Hall–Kier alpha value is -1.10. The number of halogens is 1. The van der Waals surface area contributed by atoms with Crippen molar-refractivity contribution < 1.29 is 14.6 Å². The molecule has 0 spiro atoms. The van der Waals surface area contributed by atoms with Gasteiger partial charge in [-0.25, -0.2) is 4.79 Å². The minimum Gasteiger partial charge on any atom is -0.459 e. The topological polar surface area (TPSA) is 49.8 Å². The number of ether oxygens (including phenoxy) is 1. The molecule has 2 unspecified atom stereocenters. The second-order valence-corrected chi connectivity index (χ2v) is 7.18. The molecule has 1 heterocycles. The van der Waals surface area contributed by atoms with Crippen molar-refractivity contribution in [1.29, 1.82) is 0 Å². The Morgan fingerprint density at radius 3 is 2.48 bits per heavy atom. The molecule has 3 rings (SSSR count). The molecule has 1 aliphatic heterocycles. The highest BCUT2D eigenvalue weighted by molar-refractivity contribution is 5.85. The highest BCUT2D eigenvalue weighted by atomic mass is 35.5. The van der Waals surface area contributed by atoms with E-state index >= 15 is 0 Å². The molecule has 1 N–H and O–H groups in total. The quantitative estimate of drug-likeness (QED) is 0.809. The molecule has 1 aromatic rings. The molecule has 25 heavy (non-hydrogen) atoms. The average Bonchev–Trinajstić information content (AvgIpc) is 3.10. The van der Waals surface area contributed by atoms with Crippen molar-refractivity contribution in [1.82, 2.24) is 4.90 Å². The van der Waals surface area contributed by atoms with Gasteiger partial charge in [0.1, 0.15) is 6.10 Å². The first-order valence-corrected chi connectivity index (χ1v) is 9.36. The summed E-state index contributed by atoms with van der Waals surface area (Å²) in [5.41, 5.74) is -0.839. The second-order valence-electron chi connectivity index (χ2n) is 7.18. The third kappa shape index (κ3) is 4.36. The van der Waals surface area contributed by atoms with E-state index in [1.165, 1.54) is 6.42 Å². The molecule has 140 valence electrons. The molecule has 0 radical (unpaired) electrons. The molecular weight excluding hydrogens is 338 g/mol. The maximum atomic E-state index is 13.0. The minimum absolute atomic E-state index is 0. The highest BCUT2D eigenvalue weighted by Gasteiger charge is 2.48. The van der Waals surface area contributed by atoms with Gasteiger partial charge < -0.3 is 9.84 Å². The van der Waals surface area contributed by atoms with E-state index in [-0.39, 0.29) is 24.4 Å². The van der Waals surface area contributed by atoms with Crippen molar-refractivity contribution in [3.63, 3.8) is 0 Å². The molecule has 2 aliphatic rings. The lowest BCUT2D eigenvalue weighted by Crippen LogP contribution is -2.46. The van der Waals surface area contributed by atoms with Gasteiger partial charge in [0.25, 0.3) is 0 Å². The van der Waals surface area contributed by atoms with E-state index in [4.69, 9.17) is 4.74 Å². The van der Waals surface area contributed by atoms with Crippen LogP contribution in [0.15, 0.2) is 30.3 Å². The van der Waals surface area contributed by atoms with Crippen LogP contribution in [0.4, 0.5) is 0 Å². The molecule has 2 atom stereocenters. The largest absolute Gasteiger partial charge is 0.459 e. The van der Waals surface area contributed by atoms with Gasteiger partial charge in [0, 0.05) is 19.0 Å². The summed E-state index contributed by atoms with van der Waals surface area (Å²) in [5.74, 6) is -0.506. The van der Waals surface area contributed by atoms with E-state index in [2.05, 4.69) is 11.8 Å². The van der Waals surface area contributed by atoms with E-state index in [9.17, 15) is 9.90 Å². The summed E-state index contributed by atoms with van der Waals surface area (Å²) in [6.07, 6.45) is 5.84. The van der Waals surface area contributed by atoms with Crippen molar-refractivity contribution in [2.45, 2.75) is 57.2 Å². The summed E-state index contributed by atoms with van der Waals surface area (Å²) in [7, 11) is 0. The zero-order chi connectivity index (χ0) is 17.0. The number of likely N-dealkylation sites (N-methyl/N-ethyl adjacent to an activating group) is 1. The molecule has 1 aliphatic carbocycles. The predicted octanol–water partition coefficient (Wildman–Crippen LogP) is 3.51. The zero-order valence-electron chi connectivity index (χ0n) is 15.0. The number of hydrogen-bond acceptors (Lipinski definition) is 4. The molecular formula is C20H30ClNO3. The van der Waals surface area contributed by atoms with Gasteiger partial charge >= 0.3 is 5.97 Å². The molecule has 4 nitrogen and oxygen atoms in total. The Balaban J connectivity index is 0.00000225. The van der Waals surface area contributed by atoms with E-state index in [0.29, 0.717) is 5.56 Å². The monoisotopic (exact) mass is 367 g/mol. The number of aliphatic hydroxyl groups is 1. The average molecular weight is 368 g/mol. The van der Waals surface area contributed by atoms with Gasteiger partial charge in [-0.2, -0.15) is 0 Å². The lowest BCUT2D eigenvalue weighted by Gasteiger charge is -2.37. The molecule has 1 saturated heterocycles. The maximum absolute atomic E-state index is 13.0. The third-order valence-corrected chi connectivity index (χ3v) is 5.67. The number of hydrogen-bond donors (Lipinski definition) is 1. The van der Waals surface area contributed by atoms with Crippen LogP contribution in [0, 0.1) is 5.92 Å².